The van der Waals surface area contributed by atoms with Crippen LogP contribution in [-0.2, 0) is 0 Å². The zero-order chi connectivity index (χ0) is 16.0. The molecular weight excluding hydrogens is 272 g/mol. The van der Waals surface area contributed by atoms with Crippen molar-refractivity contribution in [2.45, 2.75) is 90.6 Å². The summed E-state index contributed by atoms with van der Waals surface area (Å²) in [6.07, 6.45) is 15.9. The van der Waals surface area contributed by atoms with Crippen molar-refractivity contribution in [1.82, 2.24) is 9.80 Å². The Morgan fingerprint density at radius 2 is 1.23 bits per heavy atom. The topological polar surface area (TPSA) is 26.7 Å². The summed E-state index contributed by atoms with van der Waals surface area (Å²) >= 11 is 0. The minimum absolute atomic E-state index is 0.294. The van der Waals surface area contributed by atoms with E-state index in [1.807, 2.05) is 0 Å². The minimum Gasteiger partial charge on any atom is -0.395 e. The second-order valence-corrected chi connectivity index (χ2v) is 6.87. The van der Waals surface area contributed by atoms with Crippen LogP contribution in [0, 0.1) is 0 Å². The highest BCUT2D eigenvalue weighted by Gasteiger charge is 2.29. The quantitative estimate of drug-likeness (QED) is 0.486. The predicted molar refractivity (Wildman–Crippen MR) is 96.2 cm³/mol. The molecule has 1 fully saturated rings. The van der Waals surface area contributed by atoms with E-state index < -0.39 is 0 Å². The van der Waals surface area contributed by atoms with Gasteiger partial charge in [0, 0.05) is 19.6 Å². The van der Waals surface area contributed by atoms with Crippen LogP contribution in [-0.4, -0.2) is 53.9 Å². The van der Waals surface area contributed by atoms with Gasteiger partial charge in [-0.15, -0.1) is 0 Å². The van der Waals surface area contributed by atoms with Crippen LogP contribution in [0.2, 0.25) is 0 Å². The summed E-state index contributed by atoms with van der Waals surface area (Å²) in [5, 5.41) is 9.13. The molecule has 1 aliphatic heterocycles. The average Bonchev–Trinajstić information content (AvgIpc) is 2.91. The van der Waals surface area contributed by atoms with Gasteiger partial charge in [-0.3, -0.25) is 9.80 Å². The molecule has 1 unspecified atom stereocenters. The van der Waals surface area contributed by atoms with Gasteiger partial charge in [-0.05, 0) is 19.4 Å². The summed E-state index contributed by atoms with van der Waals surface area (Å²) in [6, 6.07) is 0. The first-order valence-electron chi connectivity index (χ1n) is 9.92. The lowest BCUT2D eigenvalue weighted by Gasteiger charge is -2.29. The van der Waals surface area contributed by atoms with Crippen LogP contribution in [0.3, 0.4) is 0 Å². The molecular formula is C19H40N2O. The lowest BCUT2D eigenvalue weighted by atomic mass is 10.1. The van der Waals surface area contributed by atoms with Crippen LogP contribution in [0.15, 0.2) is 0 Å². The maximum absolute atomic E-state index is 9.13. The Hall–Kier alpha value is -0.120. The van der Waals surface area contributed by atoms with Gasteiger partial charge in [0.15, 0.2) is 0 Å². The summed E-state index contributed by atoms with van der Waals surface area (Å²) in [5.74, 6) is 0. The van der Waals surface area contributed by atoms with E-state index in [-0.39, 0.29) is 0 Å². The van der Waals surface area contributed by atoms with Gasteiger partial charge in [-0.1, -0.05) is 71.6 Å². The fraction of sp³-hybridized carbons (Fsp3) is 1.00. The van der Waals surface area contributed by atoms with Crippen LogP contribution in [0.4, 0.5) is 0 Å². The highest BCUT2D eigenvalue weighted by atomic mass is 16.3. The second kappa shape index (κ2) is 13.3. The van der Waals surface area contributed by atoms with Crippen LogP contribution in [0.5, 0.6) is 0 Å². The van der Waals surface area contributed by atoms with Crippen molar-refractivity contribution in [3.63, 3.8) is 0 Å². The molecule has 1 N–H and O–H groups in total. The number of hydrogen-bond donors (Lipinski definition) is 1. The fourth-order valence-corrected chi connectivity index (χ4v) is 3.75. The number of nitrogens with zero attached hydrogens (tertiary/aromatic N) is 2. The molecule has 3 heteroatoms. The van der Waals surface area contributed by atoms with E-state index in [0.29, 0.717) is 12.8 Å². The van der Waals surface area contributed by atoms with Gasteiger partial charge in [0.1, 0.15) is 0 Å². The van der Waals surface area contributed by atoms with Gasteiger partial charge < -0.3 is 5.11 Å². The largest absolute Gasteiger partial charge is 0.395 e. The predicted octanol–water partition coefficient (Wildman–Crippen LogP) is 4.25. The standard InChI is InChI=1S/C19H40N2O/c1-3-5-6-7-8-9-10-11-12-13-14-20-15-16-21(17-18-22)19(20)4-2/h19,22H,3-18H2,1-2H3. The van der Waals surface area contributed by atoms with E-state index in [1.165, 1.54) is 83.7 Å². The Kier molecular flexibility index (Phi) is 12.1. The van der Waals surface area contributed by atoms with Gasteiger partial charge in [0.05, 0.1) is 12.8 Å². The number of hydrogen-bond acceptors (Lipinski definition) is 3. The highest BCUT2D eigenvalue weighted by Crippen LogP contribution is 2.18. The van der Waals surface area contributed by atoms with E-state index in [2.05, 4.69) is 23.6 Å². The van der Waals surface area contributed by atoms with E-state index >= 15 is 0 Å². The van der Waals surface area contributed by atoms with Crippen molar-refractivity contribution in [1.29, 1.82) is 0 Å². The maximum atomic E-state index is 9.13. The van der Waals surface area contributed by atoms with E-state index in [4.69, 9.17) is 5.11 Å². The number of aliphatic hydroxyl groups excluding tert-OH is 1. The third-order valence-corrected chi connectivity index (χ3v) is 5.07. The average molecular weight is 313 g/mol. The first kappa shape index (κ1) is 19.9. The van der Waals surface area contributed by atoms with Crippen molar-refractivity contribution in [3.05, 3.63) is 0 Å². The zero-order valence-electron chi connectivity index (χ0n) is 15.2. The van der Waals surface area contributed by atoms with Gasteiger partial charge in [-0.25, -0.2) is 0 Å². The molecule has 0 bridgehead atoms. The Bertz CT molecular complexity index is 248. The molecule has 132 valence electrons. The SMILES string of the molecule is CCCCCCCCCCCCN1CCN(CCO)C1CC. The first-order chi connectivity index (χ1) is 10.8. The summed E-state index contributed by atoms with van der Waals surface area (Å²) in [7, 11) is 0. The molecule has 1 rings (SSSR count). The van der Waals surface area contributed by atoms with E-state index in [0.717, 1.165) is 13.1 Å². The molecule has 1 saturated heterocycles. The molecule has 0 spiro atoms. The number of unbranched alkanes of at least 4 members (excludes halogenated alkanes) is 9. The van der Waals surface area contributed by atoms with Crippen molar-refractivity contribution in [2.24, 2.45) is 0 Å². The third-order valence-electron chi connectivity index (χ3n) is 5.07. The molecule has 0 amide bonds. The highest BCUT2D eigenvalue weighted by molar-refractivity contribution is 4.80. The smallest absolute Gasteiger partial charge is 0.0621 e. The van der Waals surface area contributed by atoms with Crippen LogP contribution in [0.25, 0.3) is 0 Å². The Balaban J connectivity index is 1.96. The molecule has 1 atom stereocenters. The molecule has 0 aromatic carbocycles. The maximum Gasteiger partial charge on any atom is 0.0621 e. The second-order valence-electron chi connectivity index (χ2n) is 6.87. The van der Waals surface area contributed by atoms with Crippen LogP contribution in [0.1, 0.15) is 84.5 Å². The van der Waals surface area contributed by atoms with Crippen molar-refractivity contribution in [2.75, 3.05) is 32.8 Å². The van der Waals surface area contributed by atoms with E-state index in [9.17, 15) is 0 Å². The summed E-state index contributed by atoms with van der Waals surface area (Å²) in [6.45, 7) is 9.26. The summed E-state index contributed by atoms with van der Waals surface area (Å²) < 4.78 is 0. The molecule has 3 nitrogen and oxygen atoms in total. The molecule has 0 aromatic rings. The first-order valence-corrected chi connectivity index (χ1v) is 9.92. The zero-order valence-corrected chi connectivity index (χ0v) is 15.2. The monoisotopic (exact) mass is 312 g/mol. The van der Waals surface area contributed by atoms with E-state index in [1.54, 1.807) is 0 Å². The van der Waals surface area contributed by atoms with Crippen molar-refractivity contribution >= 4 is 0 Å². The molecule has 22 heavy (non-hydrogen) atoms. The Morgan fingerprint density at radius 3 is 1.73 bits per heavy atom. The number of aliphatic hydroxyl groups is 1. The number of β-amino-alcohol motifs (C(OH)–C–C–N with tert-alkyl or cyclic N) is 1. The normalized spacial score (nSPS) is 20.0. The lowest BCUT2D eigenvalue weighted by Crippen LogP contribution is -2.39. The Morgan fingerprint density at radius 1 is 0.727 bits per heavy atom. The minimum atomic E-state index is 0.294. The molecule has 1 aliphatic rings. The number of rotatable bonds is 14. The van der Waals surface area contributed by atoms with Gasteiger partial charge >= 0.3 is 0 Å². The molecule has 0 radical (unpaired) electrons. The third kappa shape index (κ3) is 7.94. The molecule has 0 aromatic heterocycles. The van der Waals surface area contributed by atoms with Crippen LogP contribution < -0.4 is 0 Å². The molecule has 1 heterocycles. The molecule has 0 saturated carbocycles. The lowest BCUT2D eigenvalue weighted by molar-refractivity contribution is 0.110. The van der Waals surface area contributed by atoms with Gasteiger partial charge in [-0.2, -0.15) is 0 Å². The van der Waals surface area contributed by atoms with Gasteiger partial charge in [0.25, 0.3) is 0 Å². The van der Waals surface area contributed by atoms with Crippen molar-refractivity contribution in [3.8, 4) is 0 Å². The Labute approximate surface area is 139 Å². The van der Waals surface area contributed by atoms with Crippen molar-refractivity contribution < 1.29 is 5.11 Å². The summed E-state index contributed by atoms with van der Waals surface area (Å²) in [4.78, 5) is 5.07. The molecule has 0 aliphatic carbocycles. The van der Waals surface area contributed by atoms with Crippen LogP contribution >= 0.6 is 0 Å². The summed E-state index contributed by atoms with van der Waals surface area (Å²) in [5.41, 5.74) is 0. The fourth-order valence-electron chi connectivity index (χ4n) is 3.75. The van der Waals surface area contributed by atoms with Gasteiger partial charge in [0.2, 0.25) is 0 Å².